The number of hydrogen-bond acceptors (Lipinski definition) is 7. The highest BCUT2D eigenvalue weighted by molar-refractivity contribution is 8.00. The minimum Gasteiger partial charge on any atom is -0.367 e. The maximum Gasteiger partial charge on any atom is 0.353 e. The highest BCUT2D eigenvalue weighted by Crippen LogP contribution is 2.33. The van der Waals surface area contributed by atoms with Gasteiger partial charge in [0.15, 0.2) is 0 Å². The molecule has 0 spiro atoms. The van der Waals surface area contributed by atoms with E-state index in [4.69, 9.17) is 0 Å². The zero-order valence-electron chi connectivity index (χ0n) is 10.3. The minimum absolute atomic E-state index is 0.0425. The van der Waals surface area contributed by atoms with E-state index in [0.29, 0.717) is 11.1 Å². The van der Waals surface area contributed by atoms with E-state index < -0.39 is 4.92 Å². The minimum atomic E-state index is -0.423. The van der Waals surface area contributed by atoms with E-state index in [1.54, 1.807) is 7.05 Å². The average Bonchev–Trinajstić information content (AvgIpc) is 2.37. The third-order valence-electron chi connectivity index (χ3n) is 2.76. The molecule has 0 radical (unpaired) electrons. The largest absolute Gasteiger partial charge is 0.367 e. The van der Waals surface area contributed by atoms with Crippen molar-refractivity contribution < 1.29 is 4.92 Å². The van der Waals surface area contributed by atoms with Crippen LogP contribution in [0.5, 0.6) is 0 Å². The summed E-state index contributed by atoms with van der Waals surface area (Å²) in [5.41, 5.74) is -0.0425. The van der Waals surface area contributed by atoms with Gasteiger partial charge in [-0.2, -0.15) is 11.8 Å². The number of rotatable bonds is 3. The van der Waals surface area contributed by atoms with Crippen molar-refractivity contribution in [1.82, 2.24) is 9.97 Å². The van der Waals surface area contributed by atoms with Gasteiger partial charge in [0.1, 0.15) is 6.33 Å². The van der Waals surface area contributed by atoms with Crippen LogP contribution in [-0.2, 0) is 0 Å². The van der Waals surface area contributed by atoms with Crippen LogP contribution in [0.2, 0.25) is 0 Å². The fraction of sp³-hybridized carbons (Fsp3) is 0.600. The molecule has 1 aliphatic rings. The number of thioether (sulfide) groups is 1. The monoisotopic (exact) mass is 269 g/mol. The molecule has 2 rings (SSSR count). The number of nitro groups is 1. The molecule has 1 N–H and O–H groups in total. The molecule has 0 aromatic carbocycles. The maximum absolute atomic E-state index is 11.2. The quantitative estimate of drug-likeness (QED) is 0.655. The van der Waals surface area contributed by atoms with E-state index in [-0.39, 0.29) is 11.5 Å². The zero-order chi connectivity index (χ0) is 13.1. The molecule has 0 amide bonds. The molecular formula is C10H15N5O2S. The van der Waals surface area contributed by atoms with Crippen LogP contribution in [0.3, 0.4) is 0 Å². The number of nitrogens with one attached hydrogen (secondary N) is 1. The van der Waals surface area contributed by atoms with Gasteiger partial charge in [-0.05, 0) is 0 Å². The van der Waals surface area contributed by atoms with Crippen molar-refractivity contribution in [3.05, 3.63) is 16.4 Å². The molecule has 18 heavy (non-hydrogen) atoms. The van der Waals surface area contributed by atoms with E-state index in [1.165, 1.54) is 6.33 Å². The summed E-state index contributed by atoms with van der Waals surface area (Å²) in [5.74, 6) is 1.62. The standard InChI is InChI=1S/C10H15N5O2S/c1-7-5-14(3-4-18-7)10-8(15(16)17)9(11-2)12-6-13-10/h6-7H,3-5H2,1-2H3,(H,11,12,13). The molecule has 1 aliphatic heterocycles. The summed E-state index contributed by atoms with van der Waals surface area (Å²) in [6, 6.07) is 0. The first-order valence-electron chi connectivity index (χ1n) is 5.67. The van der Waals surface area contributed by atoms with Crippen molar-refractivity contribution >= 4 is 29.1 Å². The first kappa shape index (κ1) is 12.9. The lowest BCUT2D eigenvalue weighted by molar-refractivity contribution is -0.383. The van der Waals surface area contributed by atoms with E-state index in [0.717, 1.165) is 18.8 Å². The lowest BCUT2D eigenvalue weighted by atomic mass is 10.3. The van der Waals surface area contributed by atoms with Crippen LogP contribution in [0.1, 0.15) is 6.92 Å². The van der Waals surface area contributed by atoms with Crippen molar-refractivity contribution in [2.75, 3.05) is 36.1 Å². The number of anilines is 2. The second kappa shape index (κ2) is 5.38. The topological polar surface area (TPSA) is 84.2 Å². The molecule has 1 fully saturated rings. The van der Waals surface area contributed by atoms with E-state index >= 15 is 0 Å². The molecule has 1 aromatic rings. The van der Waals surface area contributed by atoms with Gasteiger partial charge in [-0.1, -0.05) is 6.92 Å². The van der Waals surface area contributed by atoms with Crippen LogP contribution >= 0.6 is 11.8 Å². The number of hydrogen-bond donors (Lipinski definition) is 1. The van der Waals surface area contributed by atoms with E-state index in [2.05, 4.69) is 22.2 Å². The normalized spacial score (nSPS) is 19.7. The third kappa shape index (κ3) is 2.47. The molecule has 7 nitrogen and oxygen atoms in total. The average molecular weight is 269 g/mol. The summed E-state index contributed by atoms with van der Waals surface area (Å²) in [6.45, 7) is 3.66. The predicted octanol–water partition coefficient (Wildman–Crippen LogP) is 1.37. The van der Waals surface area contributed by atoms with Crippen molar-refractivity contribution in [3.63, 3.8) is 0 Å². The molecule has 1 aromatic heterocycles. The summed E-state index contributed by atoms with van der Waals surface area (Å²) in [6.07, 6.45) is 1.36. The summed E-state index contributed by atoms with van der Waals surface area (Å²) in [7, 11) is 1.62. The Hall–Kier alpha value is -1.57. The Balaban J connectivity index is 2.40. The molecule has 1 atom stereocenters. The molecule has 1 unspecified atom stereocenters. The summed E-state index contributed by atoms with van der Waals surface area (Å²) in [5, 5.41) is 14.4. The van der Waals surface area contributed by atoms with Crippen molar-refractivity contribution in [1.29, 1.82) is 0 Å². The Kier molecular flexibility index (Phi) is 3.85. The van der Waals surface area contributed by atoms with Gasteiger partial charge >= 0.3 is 5.69 Å². The Labute approximate surface area is 109 Å². The van der Waals surface area contributed by atoms with Crippen LogP contribution in [0.4, 0.5) is 17.3 Å². The highest BCUT2D eigenvalue weighted by atomic mass is 32.2. The second-order valence-corrected chi connectivity index (χ2v) is 5.58. The van der Waals surface area contributed by atoms with Crippen molar-refractivity contribution in [2.24, 2.45) is 0 Å². The van der Waals surface area contributed by atoms with Gasteiger partial charge in [-0.15, -0.1) is 0 Å². The molecule has 0 saturated carbocycles. The number of aromatic nitrogens is 2. The van der Waals surface area contributed by atoms with Crippen LogP contribution in [0, 0.1) is 10.1 Å². The predicted molar refractivity (Wildman–Crippen MR) is 72.4 cm³/mol. The Bertz CT molecular complexity index is 456. The maximum atomic E-state index is 11.2. The van der Waals surface area contributed by atoms with Gasteiger partial charge in [0.25, 0.3) is 0 Å². The molecule has 0 bridgehead atoms. The van der Waals surface area contributed by atoms with Crippen LogP contribution in [0.15, 0.2) is 6.33 Å². The first-order valence-corrected chi connectivity index (χ1v) is 6.72. The molecule has 1 saturated heterocycles. The lowest BCUT2D eigenvalue weighted by Gasteiger charge is -2.31. The van der Waals surface area contributed by atoms with Gasteiger partial charge < -0.3 is 10.2 Å². The van der Waals surface area contributed by atoms with Crippen LogP contribution in [-0.4, -0.2) is 46.0 Å². The third-order valence-corrected chi connectivity index (χ3v) is 3.90. The van der Waals surface area contributed by atoms with E-state index in [9.17, 15) is 10.1 Å². The van der Waals surface area contributed by atoms with Gasteiger partial charge in [0, 0.05) is 31.1 Å². The zero-order valence-corrected chi connectivity index (χ0v) is 11.1. The summed E-state index contributed by atoms with van der Waals surface area (Å²) >= 11 is 1.87. The van der Waals surface area contributed by atoms with Gasteiger partial charge in [0.05, 0.1) is 4.92 Å². The SMILES string of the molecule is CNc1ncnc(N2CCSC(C)C2)c1[N+](=O)[O-]. The smallest absolute Gasteiger partial charge is 0.353 e. The fourth-order valence-corrected chi connectivity index (χ4v) is 2.98. The molecule has 98 valence electrons. The van der Waals surface area contributed by atoms with Crippen molar-refractivity contribution in [3.8, 4) is 0 Å². The number of nitrogens with zero attached hydrogens (tertiary/aromatic N) is 4. The highest BCUT2D eigenvalue weighted by Gasteiger charge is 2.28. The first-order chi connectivity index (χ1) is 8.63. The van der Waals surface area contributed by atoms with Gasteiger partial charge in [-0.25, -0.2) is 9.97 Å². The fourth-order valence-electron chi connectivity index (χ4n) is 1.96. The van der Waals surface area contributed by atoms with Gasteiger partial charge in [0.2, 0.25) is 11.6 Å². The Morgan fingerprint density at radius 1 is 1.61 bits per heavy atom. The van der Waals surface area contributed by atoms with Crippen LogP contribution in [0.25, 0.3) is 0 Å². The summed E-state index contributed by atoms with van der Waals surface area (Å²) in [4.78, 5) is 20.7. The lowest BCUT2D eigenvalue weighted by Crippen LogP contribution is -2.37. The van der Waals surface area contributed by atoms with Crippen LogP contribution < -0.4 is 10.2 Å². The molecular weight excluding hydrogens is 254 g/mol. The second-order valence-electron chi connectivity index (χ2n) is 4.03. The van der Waals surface area contributed by atoms with Crippen molar-refractivity contribution in [2.45, 2.75) is 12.2 Å². The Morgan fingerprint density at radius 3 is 3.00 bits per heavy atom. The van der Waals surface area contributed by atoms with E-state index in [1.807, 2.05) is 16.7 Å². The Morgan fingerprint density at radius 2 is 2.39 bits per heavy atom. The summed E-state index contributed by atoms with van der Waals surface area (Å²) < 4.78 is 0. The molecule has 2 heterocycles. The molecule has 0 aliphatic carbocycles. The molecule has 8 heteroatoms. The van der Waals surface area contributed by atoms with Gasteiger partial charge in [-0.3, -0.25) is 10.1 Å².